The number of halogens is 4. The van der Waals surface area contributed by atoms with Crippen molar-refractivity contribution < 1.29 is 17.6 Å². The highest BCUT2D eigenvalue weighted by Crippen LogP contribution is 2.38. The molecular formula is C20H21F4N. The number of benzene rings is 1. The molecule has 0 bridgehead atoms. The average Bonchev–Trinajstić information content (AvgIpc) is 2.61. The molecule has 0 aromatic heterocycles. The van der Waals surface area contributed by atoms with E-state index in [0.29, 0.717) is 11.8 Å². The maximum absolute atomic E-state index is 12.6. The molecule has 134 valence electrons. The van der Waals surface area contributed by atoms with E-state index in [9.17, 15) is 17.6 Å². The summed E-state index contributed by atoms with van der Waals surface area (Å²) in [7, 11) is 0. The Morgan fingerprint density at radius 3 is 2.32 bits per heavy atom. The smallest absolute Gasteiger partial charge is 0.195 e. The molecule has 1 aliphatic carbocycles. The number of allylic oxidation sites excluding steroid dienone is 4. The molecule has 0 aliphatic heterocycles. The number of nitrogens with zero attached hydrogens (tertiary/aromatic N) is 1. The molecule has 1 aromatic rings. The van der Waals surface area contributed by atoms with E-state index in [4.69, 9.17) is 5.26 Å². The SMILES string of the molecule is N#C/C(F)=C/C=C/CCC1CCC(c2ccc(C(F)(F)F)cc2)CC1. The van der Waals surface area contributed by atoms with Gasteiger partial charge in [0, 0.05) is 0 Å². The van der Waals surface area contributed by atoms with Crippen LogP contribution in [-0.2, 0) is 6.18 Å². The molecule has 0 amide bonds. The Balaban J connectivity index is 1.77. The highest BCUT2D eigenvalue weighted by atomic mass is 19.4. The van der Waals surface area contributed by atoms with Crippen LogP contribution in [0.3, 0.4) is 0 Å². The van der Waals surface area contributed by atoms with E-state index in [0.717, 1.165) is 50.2 Å². The summed E-state index contributed by atoms with van der Waals surface area (Å²) >= 11 is 0. The van der Waals surface area contributed by atoms with Crippen LogP contribution in [0.1, 0.15) is 55.6 Å². The first-order chi connectivity index (χ1) is 11.9. The van der Waals surface area contributed by atoms with Gasteiger partial charge in [0.2, 0.25) is 0 Å². The molecule has 0 spiro atoms. The minimum atomic E-state index is -4.28. The molecule has 1 saturated carbocycles. The quantitative estimate of drug-likeness (QED) is 0.329. The van der Waals surface area contributed by atoms with Gasteiger partial charge in [0.05, 0.1) is 5.56 Å². The standard InChI is InChI=1S/C20H21F4N/c21-19(14-25)5-3-1-2-4-15-6-8-16(9-7-15)17-10-12-18(13-11-17)20(22,23)24/h1,3,5,10-13,15-16H,2,4,6-9H2/b3-1+,19-5-. The van der Waals surface area contributed by atoms with Crippen molar-refractivity contribution >= 4 is 0 Å². The normalized spacial score (nSPS) is 22.1. The van der Waals surface area contributed by atoms with E-state index in [2.05, 4.69) is 0 Å². The molecular weight excluding hydrogens is 330 g/mol. The predicted molar refractivity (Wildman–Crippen MR) is 89.3 cm³/mol. The van der Waals surface area contributed by atoms with E-state index >= 15 is 0 Å². The summed E-state index contributed by atoms with van der Waals surface area (Å²) < 4.78 is 50.4. The summed E-state index contributed by atoms with van der Waals surface area (Å²) in [5, 5.41) is 8.29. The van der Waals surface area contributed by atoms with E-state index in [1.54, 1.807) is 18.2 Å². The average molecular weight is 351 g/mol. The van der Waals surface area contributed by atoms with Gasteiger partial charge >= 0.3 is 6.18 Å². The first kappa shape index (κ1) is 19.2. The predicted octanol–water partition coefficient (Wildman–Crippen LogP) is 6.69. The van der Waals surface area contributed by atoms with Gasteiger partial charge < -0.3 is 0 Å². The van der Waals surface area contributed by atoms with Crippen LogP contribution in [0, 0.1) is 17.2 Å². The molecule has 1 aromatic carbocycles. The summed E-state index contributed by atoms with van der Waals surface area (Å²) in [6.07, 6.45) is 6.24. The third-order valence-corrected chi connectivity index (χ3v) is 4.78. The van der Waals surface area contributed by atoms with Crippen LogP contribution < -0.4 is 0 Å². The van der Waals surface area contributed by atoms with Crippen LogP contribution in [0.25, 0.3) is 0 Å². The van der Waals surface area contributed by atoms with Crippen LogP contribution >= 0.6 is 0 Å². The lowest BCUT2D eigenvalue weighted by Crippen LogP contribution is -2.13. The van der Waals surface area contributed by atoms with Crippen LogP contribution in [0.4, 0.5) is 17.6 Å². The number of hydrogen-bond acceptors (Lipinski definition) is 1. The molecule has 0 unspecified atom stereocenters. The number of nitriles is 1. The summed E-state index contributed by atoms with van der Waals surface area (Å²) in [4.78, 5) is 0. The fourth-order valence-corrected chi connectivity index (χ4v) is 3.35. The summed E-state index contributed by atoms with van der Waals surface area (Å²) in [6.45, 7) is 0. The lowest BCUT2D eigenvalue weighted by atomic mass is 9.77. The van der Waals surface area contributed by atoms with E-state index in [1.165, 1.54) is 18.2 Å². The Morgan fingerprint density at radius 2 is 1.76 bits per heavy atom. The molecule has 0 N–H and O–H groups in total. The second kappa shape index (κ2) is 8.84. The minimum Gasteiger partial charge on any atom is -0.195 e. The molecule has 1 aliphatic rings. The van der Waals surface area contributed by atoms with Gasteiger partial charge in [-0.15, -0.1) is 0 Å². The van der Waals surface area contributed by atoms with Gasteiger partial charge in [-0.3, -0.25) is 0 Å². The first-order valence-electron chi connectivity index (χ1n) is 8.49. The molecule has 1 nitrogen and oxygen atoms in total. The molecule has 1 fully saturated rings. The lowest BCUT2D eigenvalue weighted by Gasteiger charge is -2.28. The minimum absolute atomic E-state index is 0.335. The Bertz CT molecular complexity index is 642. The molecule has 0 heterocycles. The highest BCUT2D eigenvalue weighted by molar-refractivity contribution is 5.27. The molecule has 0 saturated heterocycles. The van der Waals surface area contributed by atoms with Crippen molar-refractivity contribution in [3.05, 3.63) is 59.4 Å². The van der Waals surface area contributed by atoms with Crippen molar-refractivity contribution in [2.75, 3.05) is 0 Å². The Hall–Kier alpha value is -2.09. The van der Waals surface area contributed by atoms with E-state index < -0.39 is 17.6 Å². The van der Waals surface area contributed by atoms with Crippen molar-refractivity contribution in [2.45, 2.75) is 50.6 Å². The zero-order chi connectivity index (χ0) is 18.3. The zero-order valence-corrected chi connectivity index (χ0v) is 13.9. The summed E-state index contributed by atoms with van der Waals surface area (Å²) in [6, 6.07) is 6.96. The first-order valence-corrected chi connectivity index (χ1v) is 8.49. The summed E-state index contributed by atoms with van der Waals surface area (Å²) in [5.41, 5.74) is 0.391. The molecule has 0 radical (unpaired) electrons. The Morgan fingerprint density at radius 1 is 1.12 bits per heavy atom. The van der Waals surface area contributed by atoms with E-state index in [-0.39, 0.29) is 0 Å². The van der Waals surface area contributed by atoms with Gasteiger partial charge in [-0.1, -0.05) is 24.3 Å². The van der Waals surface area contributed by atoms with Crippen LogP contribution in [0.5, 0.6) is 0 Å². The Labute approximate surface area is 145 Å². The Kier molecular flexibility index (Phi) is 6.81. The van der Waals surface area contributed by atoms with Gasteiger partial charge in [0.15, 0.2) is 5.83 Å². The largest absolute Gasteiger partial charge is 0.416 e. The van der Waals surface area contributed by atoms with Gasteiger partial charge in [-0.25, -0.2) is 0 Å². The molecule has 2 rings (SSSR count). The second-order valence-electron chi connectivity index (χ2n) is 6.47. The van der Waals surface area contributed by atoms with Crippen LogP contribution in [0.15, 0.2) is 48.3 Å². The topological polar surface area (TPSA) is 23.8 Å². The zero-order valence-electron chi connectivity index (χ0n) is 13.9. The van der Waals surface area contributed by atoms with Crippen molar-refractivity contribution in [1.29, 1.82) is 5.26 Å². The molecule has 25 heavy (non-hydrogen) atoms. The van der Waals surface area contributed by atoms with Crippen molar-refractivity contribution in [1.82, 2.24) is 0 Å². The summed E-state index contributed by atoms with van der Waals surface area (Å²) in [5.74, 6) is 0.134. The maximum Gasteiger partial charge on any atom is 0.416 e. The van der Waals surface area contributed by atoms with Crippen molar-refractivity contribution in [3.63, 3.8) is 0 Å². The maximum atomic E-state index is 12.6. The van der Waals surface area contributed by atoms with Gasteiger partial charge in [0.25, 0.3) is 0 Å². The molecule has 5 heteroatoms. The monoisotopic (exact) mass is 351 g/mol. The highest BCUT2D eigenvalue weighted by Gasteiger charge is 2.30. The van der Waals surface area contributed by atoms with Crippen molar-refractivity contribution in [2.24, 2.45) is 5.92 Å². The lowest BCUT2D eigenvalue weighted by molar-refractivity contribution is -0.137. The van der Waals surface area contributed by atoms with Gasteiger partial charge in [0.1, 0.15) is 6.07 Å². The van der Waals surface area contributed by atoms with Crippen LogP contribution in [0.2, 0.25) is 0 Å². The number of alkyl halides is 3. The van der Waals surface area contributed by atoms with Gasteiger partial charge in [-0.05, 0) is 74.1 Å². The number of rotatable bonds is 5. The third kappa shape index (κ3) is 6.04. The van der Waals surface area contributed by atoms with Crippen LogP contribution in [-0.4, -0.2) is 0 Å². The fraction of sp³-hybridized carbons (Fsp3) is 0.450. The van der Waals surface area contributed by atoms with E-state index in [1.807, 2.05) is 6.08 Å². The molecule has 0 atom stereocenters. The fourth-order valence-electron chi connectivity index (χ4n) is 3.35. The number of hydrogen-bond donors (Lipinski definition) is 0. The third-order valence-electron chi connectivity index (χ3n) is 4.78. The second-order valence-corrected chi connectivity index (χ2v) is 6.47. The van der Waals surface area contributed by atoms with Crippen molar-refractivity contribution in [3.8, 4) is 6.07 Å². The van der Waals surface area contributed by atoms with Gasteiger partial charge in [-0.2, -0.15) is 22.8 Å².